The number of nitrogens with zero attached hydrogens (tertiary/aromatic N) is 3. The van der Waals surface area contributed by atoms with E-state index in [0.29, 0.717) is 32.6 Å². The van der Waals surface area contributed by atoms with Gasteiger partial charge in [0.2, 0.25) is 11.8 Å². The first-order chi connectivity index (χ1) is 11.1. The van der Waals surface area contributed by atoms with Crippen molar-refractivity contribution in [3.63, 3.8) is 0 Å². The van der Waals surface area contributed by atoms with Crippen molar-refractivity contribution in [2.75, 3.05) is 26.2 Å². The van der Waals surface area contributed by atoms with Crippen LogP contribution in [0.2, 0.25) is 0 Å². The second-order valence-corrected chi connectivity index (χ2v) is 6.69. The van der Waals surface area contributed by atoms with Crippen LogP contribution >= 0.6 is 0 Å². The molecule has 1 spiro atoms. The summed E-state index contributed by atoms with van der Waals surface area (Å²) in [6.07, 6.45) is 6.82. The Kier molecular flexibility index (Phi) is 4.61. The Morgan fingerprint density at radius 2 is 2.22 bits per heavy atom. The molecule has 2 amide bonds. The highest BCUT2D eigenvalue weighted by Crippen LogP contribution is 2.39. The maximum Gasteiger partial charge on any atom is 0.248 e. The van der Waals surface area contributed by atoms with Crippen molar-refractivity contribution in [2.45, 2.75) is 32.2 Å². The number of pyridine rings is 1. The summed E-state index contributed by atoms with van der Waals surface area (Å²) in [4.78, 5) is 31.9. The summed E-state index contributed by atoms with van der Waals surface area (Å²) >= 11 is 0. The Labute approximate surface area is 136 Å². The summed E-state index contributed by atoms with van der Waals surface area (Å²) < 4.78 is 0. The smallest absolute Gasteiger partial charge is 0.248 e. The van der Waals surface area contributed by atoms with E-state index >= 15 is 0 Å². The van der Waals surface area contributed by atoms with Gasteiger partial charge in [-0.3, -0.25) is 14.6 Å². The maximum absolute atomic E-state index is 12.3. The van der Waals surface area contributed by atoms with Crippen LogP contribution in [0.1, 0.15) is 31.2 Å². The molecule has 0 saturated carbocycles. The molecule has 0 bridgehead atoms. The lowest BCUT2D eigenvalue weighted by molar-refractivity contribution is -0.144. The van der Waals surface area contributed by atoms with E-state index in [-0.39, 0.29) is 17.2 Å². The highest BCUT2D eigenvalue weighted by atomic mass is 16.3. The number of aliphatic hydroxyl groups excluding tert-OH is 1. The van der Waals surface area contributed by atoms with E-state index in [4.69, 9.17) is 5.11 Å². The Bertz CT molecular complexity index is 578. The van der Waals surface area contributed by atoms with Gasteiger partial charge in [-0.05, 0) is 30.9 Å². The van der Waals surface area contributed by atoms with Gasteiger partial charge in [0, 0.05) is 50.4 Å². The molecule has 2 aliphatic heterocycles. The third-order valence-electron chi connectivity index (χ3n) is 4.99. The molecule has 0 unspecified atom stereocenters. The maximum atomic E-state index is 12.3. The van der Waals surface area contributed by atoms with E-state index < -0.39 is 6.61 Å². The molecule has 0 aliphatic carbocycles. The fourth-order valence-corrected chi connectivity index (χ4v) is 3.81. The van der Waals surface area contributed by atoms with Crippen LogP contribution in [-0.2, 0) is 16.1 Å². The standard InChI is InChI=1S/C17H23N3O3/c21-11-16(23)19-8-2-5-17(12-19)6-4-15(22)20(13-17)10-14-3-1-7-18-9-14/h1,3,7,9,21H,2,4-6,8,10-13H2/t17-/m1/s1. The molecule has 3 rings (SSSR count). The quantitative estimate of drug-likeness (QED) is 0.895. The van der Waals surface area contributed by atoms with Crippen molar-refractivity contribution in [1.29, 1.82) is 0 Å². The van der Waals surface area contributed by atoms with E-state index in [2.05, 4.69) is 4.98 Å². The lowest BCUT2D eigenvalue weighted by Crippen LogP contribution is -2.55. The summed E-state index contributed by atoms with van der Waals surface area (Å²) in [5, 5.41) is 9.10. The summed E-state index contributed by atoms with van der Waals surface area (Å²) in [6, 6.07) is 3.85. The first-order valence-corrected chi connectivity index (χ1v) is 8.17. The predicted octanol–water partition coefficient (Wildman–Crippen LogP) is 0.805. The fourth-order valence-electron chi connectivity index (χ4n) is 3.81. The number of likely N-dealkylation sites (tertiary alicyclic amines) is 2. The summed E-state index contributed by atoms with van der Waals surface area (Å²) in [7, 11) is 0. The monoisotopic (exact) mass is 317 g/mol. The lowest BCUT2D eigenvalue weighted by Gasteiger charge is -2.48. The van der Waals surface area contributed by atoms with Gasteiger partial charge in [0.15, 0.2) is 0 Å². The molecule has 3 heterocycles. The van der Waals surface area contributed by atoms with E-state index in [9.17, 15) is 9.59 Å². The number of carbonyl (C=O) groups is 2. The van der Waals surface area contributed by atoms with Gasteiger partial charge in [0.1, 0.15) is 6.61 Å². The average molecular weight is 317 g/mol. The number of aromatic nitrogens is 1. The first-order valence-electron chi connectivity index (χ1n) is 8.17. The zero-order valence-electron chi connectivity index (χ0n) is 13.3. The van der Waals surface area contributed by atoms with Gasteiger partial charge >= 0.3 is 0 Å². The molecule has 1 aromatic rings. The van der Waals surface area contributed by atoms with Crippen LogP contribution in [0.5, 0.6) is 0 Å². The molecule has 1 atom stereocenters. The highest BCUT2D eigenvalue weighted by molar-refractivity contribution is 5.78. The van der Waals surface area contributed by atoms with Crippen LogP contribution in [0.3, 0.4) is 0 Å². The molecule has 2 fully saturated rings. The number of amides is 2. The molecular formula is C17H23N3O3. The van der Waals surface area contributed by atoms with Gasteiger partial charge in [-0.15, -0.1) is 0 Å². The highest BCUT2D eigenvalue weighted by Gasteiger charge is 2.42. The molecule has 1 aromatic heterocycles. The molecule has 6 nitrogen and oxygen atoms in total. The normalized spacial score (nSPS) is 25.0. The van der Waals surface area contributed by atoms with Crippen LogP contribution in [0.4, 0.5) is 0 Å². The Hall–Kier alpha value is -1.95. The van der Waals surface area contributed by atoms with E-state index in [0.717, 1.165) is 24.8 Å². The van der Waals surface area contributed by atoms with Crippen molar-refractivity contribution in [2.24, 2.45) is 5.41 Å². The van der Waals surface area contributed by atoms with Gasteiger partial charge in [-0.1, -0.05) is 6.07 Å². The Morgan fingerprint density at radius 3 is 2.96 bits per heavy atom. The van der Waals surface area contributed by atoms with Crippen molar-refractivity contribution in [1.82, 2.24) is 14.8 Å². The van der Waals surface area contributed by atoms with Gasteiger partial charge < -0.3 is 14.9 Å². The molecule has 2 aliphatic rings. The second-order valence-electron chi connectivity index (χ2n) is 6.69. The van der Waals surface area contributed by atoms with Gasteiger partial charge in [-0.25, -0.2) is 0 Å². The summed E-state index contributed by atoms with van der Waals surface area (Å²) in [6.45, 7) is 2.16. The largest absolute Gasteiger partial charge is 0.387 e. The van der Waals surface area contributed by atoms with E-state index in [1.165, 1.54) is 0 Å². The van der Waals surface area contributed by atoms with Crippen molar-refractivity contribution < 1.29 is 14.7 Å². The second kappa shape index (κ2) is 6.66. The fraction of sp³-hybridized carbons (Fsp3) is 0.588. The van der Waals surface area contributed by atoms with Crippen molar-refractivity contribution in [3.8, 4) is 0 Å². The molecule has 0 radical (unpaired) electrons. The van der Waals surface area contributed by atoms with Gasteiger partial charge in [0.05, 0.1) is 0 Å². The first kappa shape index (κ1) is 15.9. The molecule has 1 N–H and O–H groups in total. The third kappa shape index (κ3) is 3.52. The number of carbonyl (C=O) groups excluding carboxylic acids is 2. The van der Waals surface area contributed by atoms with Crippen LogP contribution in [0.25, 0.3) is 0 Å². The van der Waals surface area contributed by atoms with Crippen LogP contribution in [0.15, 0.2) is 24.5 Å². The zero-order valence-corrected chi connectivity index (χ0v) is 13.3. The molecule has 124 valence electrons. The number of hydrogen-bond acceptors (Lipinski definition) is 4. The number of rotatable bonds is 3. The average Bonchev–Trinajstić information content (AvgIpc) is 2.59. The minimum atomic E-state index is -0.436. The van der Waals surface area contributed by atoms with Gasteiger partial charge in [0.25, 0.3) is 0 Å². The third-order valence-corrected chi connectivity index (χ3v) is 4.99. The minimum absolute atomic E-state index is 0.0286. The van der Waals surface area contributed by atoms with Crippen molar-refractivity contribution in [3.05, 3.63) is 30.1 Å². The van der Waals surface area contributed by atoms with Crippen LogP contribution < -0.4 is 0 Å². The van der Waals surface area contributed by atoms with E-state index in [1.54, 1.807) is 17.3 Å². The zero-order chi connectivity index (χ0) is 16.3. The topological polar surface area (TPSA) is 73.7 Å². The minimum Gasteiger partial charge on any atom is -0.387 e. The molecular weight excluding hydrogens is 294 g/mol. The Balaban J connectivity index is 1.71. The number of aliphatic hydroxyl groups is 1. The lowest BCUT2D eigenvalue weighted by atomic mass is 9.73. The van der Waals surface area contributed by atoms with Gasteiger partial charge in [-0.2, -0.15) is 0 Å². The molecule has 2 saturated heterocycles. The van der Waals surface area contributed by atoms with Crippen LogP contribution in [0, 0.1) is 5.41 Å². The van der Waals surface area contributed by atoms with E-state index in [1.807, 2.05) is 17.0 Å². The predicted molar refractivity (Wildman–Crippen MR) is 84.2 cm³/mol. The molecule has 23 heavy (non-hydrogen) atoms. The SMILES string of the molecule is O=C(CO)N1CCC[C@@]2(CCC(=O)N(Cc3cccnc3)C2)C1. The number of piperidine rings is 2. The molecule has 0 aromatic carbocycles. The molecule has 6 heteroatoms. The van der Waals surface area contributed by atoms with Crippen LogP contribution in [-0.4, -0.2) is 57.9 Å². The summed E-state index contributed by atoms with van der Waals surface area (Å²) in [5.74, 6) is -0.0372. The number of hydrogen-bond donors (Lipinski definition) is 1. The Morgan fingerprint density at radius 1 is 1.35 bits per heavy atom. The van der Waals surface area contributed by atoms with Crippen molar-refractivity contribution >= 4 is 11.8 Å². The summed E-state index contributed by atoms with van der Waals surface area (Å²) in [5.41, 5.74) is 0.996.